The SMILES string of the molecule is O=C(O)CN1CCN(C(=O)NC2(c3cccnc3)CCN(CCC3(c4ccc(Cl)c(Cl)c4)CCN(C(=O)c4ccccc4)C3)CC2)CC1. The van der Waals surface area contributed by atoms with E-state index < -0.39 is 11.5 Å². The number of rotatable bonds is 9. The molecule has 3 aromatic rings. The van der Waals surface area contributed by atoms with Gasteiger partial charge in [-0.05, 0) is 73.7 Å². The molecular weight excluding hydrogens is 651 g/mol. The number of benzene rings is 2. The Bertz CT molecular complexity index is 1600. The zero-order chi connectivity index (χ0) is 33.7. The normalized spacial score (nSPS) is 21.6. The highest BCUT2D eigenvalue weighted by molar-refractivity contribution is 6.42. The molecule has 10 nitrogen and oxygen atoms in total. The lowest BCUT2D eigenvalue weighted by atomic mass is 9.76. The molecule has 0 saturated carbocycles. The van der Waals surface area contributed by atoms with E-state index in [1.165, 1.54) is 0 Å². The largest absolute Gasteiger partial charge is 0.480 e. The first kappa shape index (κ1) is 34.2. The Hall–Kier alpha value is -3.70. The lowest BCUT2D eigenvalue weighted by Crippen LogP contribution is -2.59. The number of nitrogens with one attached hydrogen (secondary N) is 1. The van der Waals surface area contributed by atoms with Gasteiger partial charge in [0.15, 0.2) is 0 Å². The first-order valence-electron chi connectivity index (χ1n) is 16.6. The van der Waals surface area contributed by atoms with Crippen LogP contribution < -0.4 is 5.32 Å². The highest BCUT2D eigenvalue weighted by Gasteiger charge is 2.43. The molecule has 2 N–H and O–H groups in total. The van der Waals surface area contributed by atoms with E-state index >= 15 is 0 Å². The molecule has 1 unspecified atom stereocenters. The van der Waals surface area contributed by atoms with Crippen LogP contribution in [0, 0.1) is 0 Å². The summed E-state index contributed by atoms with van der Waals surface area (Å²) in [7, 11) is 0. The van der Waals surface area contributed by atoms with Crippen LogP contribution in [-0.2, 0) is 15.7 Å². The quantitative estimate of drug-likeness (QED) is 0.326. The van der Waals surface area contributed by atoms with Gasteiger partial charge in [-0.1, -0.05) is 53.5 Å². The molecule has 12 heteroatoms. The molecule has 3 amide bonds. The van der Waals surface area contributed by atoms with Crippen LogP contribution in [0.2, 0.25) is 10.0 Å². The van der Waals surface area contributed by atoms with Gasteiger partial charge in [-0.2, -0.15) is 0 Å². The Labute approximate surface area is 291 Å². The lowest BCUT2D eigenvalue weighted by molar-refractivity contribution is -0.138. The Morgan fingerprint density at radius 2 is 1.54 bits per heavy atom. The van der Waals surface area contributed by atoms with Gasteiger partial charge >= 0.3 is 12.0 Å². The predicted octanol–water partition coefficient (Wildman–Crippen LogP) is 4.97. The number of hydrogen-bond donors (Lipinski definition) is 2. The summed E-state index contributed by atoms with van der Waals surface area (Å²) in [5.74, 6) is -0.820. The molecule has 1 atom stereocenters. The smallest absolute Gasteiger partial charge is 0.318 e. The summed E-state index contributed by atoms with van der Waals surface area (Å²) >= 11 is 12.8. The van der Waals surface area contributed by atoms with Crippen LogP contribution in [0.1, 0.15) is 47.2 Å². The monoisotopic (exact) mass is 692 g/mol. The second-order valence-corrected chi connectivity index (χ2v) is 14.1. The van der Waals surface area contributed by atoms with Gasteiger partial charge in [-0.15, -0.1) is 0 Å². The molecule has 3 fully saturated rings. The zero-order valence-corrected chi connectivity index (χ0v) is 28.5. The third-order valence-corrected chi connectivity index (χ3v) is 11.1. The number of amides is 3. The van der Waals surface area contributed by atoms with E-state index in [4.69, 9.17) is 28.3 Å². The molecule has 3 aliphatic rings. The third kappa shape index (κ3) is 7.62. The van der Waals surface area contributed by atoms with Crippen molar-refractivity contribution in [1.29, 1.82) is 0 Å². The summed E-state index contributed by atoms with van der Waals surface area (Å²) < 4.78 is 0. The first-order valence-corrected chi connectivity index (χ1v) is 17.4. The van der Waals surface area contributed by atoms with Gasteiger partial charge in [0.25, 0.3) is 5.91 Å². The van der Waals surface area contributed by atoms with E-state index in [-0.39, 0.29) is 23.9 Å². The number of piperidine rings is 1. The minimum absolute atomic E-state index is 0.0153. The number of carboxylic acid groups (broad SMARTS) is 1. The van der Waals surface area contributed by atoms with E-state index in [0.29, 0.717) is 54.9 Å². The fraction of sp³-hybridized carbons (Fsp3) is 0.444. The number of aliphatic carboxylic acids is 1. The van der Waals surface area contributed by atoms with Gasteiger partial charge in [-0.3, -0.25) is 19.5 Å². The second kappa shape index (κ2) is 14.8. The van der Waals surface area contributed by atoms with Crippen LogP contribution in [0.15, 0.2) is 73.1 Å². The van der Waals surface area contributed by atoms with Crippen LogP contribution in [0.4, 0.5) is 4.79 Å². The maximum Gasteiger partial charge on any atom is 0.318 e. The van der Waals surface area contributed by atoms with Crippen LogP contribution >= 0.6 is 23.2 Å². The van der Waals surface area contributed by atoms with Gasteiger partial charge in [-0.25, -0.2) is 4.79 Å². The van der Waals surface area contributed by atoms with E-state index in [0.717, 1.165) is 56.4 Å². The van der Waals surface area contributed by atoms with Crippen molar-refractivity contribution in [1.82, 2.24) is 29.9 Å². The average Bonchev–Trinajstić information content (AvgIpc) is 3.55. The molecule has 1 aromatic heterocycles. The maximum absolute atomic E-state index is 13.6. The first-order chi connectivity index (χ1) is 23.2. The summed E-state index contributed by atoms with van der Waals surface area (Å²) in [5, 5.41) is 13.5. The van der Waals surface area contributed by atoms with Crippen molar-refractivity contribution in [3.63, 3.8) is 0 Å². The number of pyridine rings is 1. The molecule has 0 aliphatic carbocycles. The lowest BCUT2D eigenvalue weighted by Gasteiger charge is -2.45. The average molecular weight is 694 g/mol. The number of nitrogens with zero attached hydrogens (tertiary/aromatic N) is 5. The summed E-state index contributed by atoms with van der Waals surface area (Å²) in [5.41, 5.74) is 1.94. The Kier molecular flexibility index (Phi) is 10.6. The Morgan fingerprint density at radius 1 is 0.792 bits per heavy atom. The number of aromatic nitrogens is 1. The molecule has 3 aliphatic heterocycles. The van der Waals surface area contributed by atoms with E-state index in [1.54, 1.807) is 11.1 Å². The topological polar surface area (TPSA) is 109 Å². The number of piperazine rings is 1. The van der Waals surface area contributed by atoms with Crippen molar-refractivity contribution in [2.24, 2.45) is 0 Å². The number of carbonyl (C=O) groups excluding carboxylic acids is 2. The Balaban J connectivity index is 1.14. The van der Waals surface area contributed by atoms with Gasteiger partial charge in [0.2, 0.25) is 0 Å². The minimum atomic E-state index is -0.857. The summed E-state index contributed by atoms with van der Waals surface area (Å²) in [6, 6.07) is 19.1. The molecule has 6 rings (SSSR count). The van der Waals surface area contributed by atoms with E-state index in [1.807, 2.05) is 76.7 Å². The van der Waals surface area contributed by atoms with Gasteiger partial charge in [0, 0.05) is 75.7 Å². The predicted molar refractivity (Wildman–Crippen MR) is 185 cm³/mol. The van der Waals surface area contributed by atoms with E-state index in [9.17, 15) is 14.4 Å². The number of carbonyl (C=O) groups is 3. The standard InChI is InChI=1S/C36H42Cl2N6O4/c37-30-9-8-28(23-31(30)38)35(11-18-44(26-35)33(47)27-5-2-1-3-6-27)10-15-41-16-12-36(13-17-41,29-7-4-14-39-24-29)40-34(48)43-21-19-42(20-22-43)25-32(45)46/h1-9,14,23-24H,10-13,15-22,25-26H2,(H,40,48)(H,45,46). The van der Waals surface area contributed by atoms with Gasteiger partial charge in [0.1, 0.15) is 0 Å². The molecular formula is C36H42Cl2N6O4. The fourth-order valence-corrected chi connectivity index (χ4v) is 7.76. The van der Waals surface area contributed by atoms with Gasteiger partial charge in [0.05, 0.1) is 22.1 Å². The molecule has 3 saturated heterocycles. The summed E-state index contributed by atoms with van der Waals surface area (Å²) in [6.45, 7) is 5.66. The highest BCUT2D eigenvalue weighted by Crippen LogP contribution is 2.41. The van der Waals surface area contributed by atoms with Crippen molar-refractivity contribution >= 4 is 41.1 Å². The minimum Gasteiger partial charge on any atom is -0.480 e. The molecule has 254 valence electrons. The van der Waals surface area contributed by atoms with E-state index in [2.05, 4.69) is 15.2 Å². The molecule has 48 heavy (non-hydrogen) atoms. The summed E-state index contributed by atoms with van der Waals surface area (Å²) in [4.78, 5) is 50.6. The van der Waals surface area contributed by atoms with Crippen molar-refractivity contribution in [3.05, 3.63) is 99.8 Å². The number of likely N-dealkylation sites (tertiary alicyclic amines) is 2. The molecule has 4 heterocycles. The number of halogens is 2. The number of carboxylic acids is 1. The Morgan fingerprint density at radius 3 is 2.21 bits per heavy atom. The van der Waals surface area contributed by atoms with Crippen LogP contribution in [0.5, 0.6) is 0 Å². The second-order valence-electron chi connectivity index (χ2n) is 13.3. The third-order valence-electron chi connectivity index (χ3n) is 10.4. The fourth-order valence-electron chi connectivity index (χ4n) is 7.47. The molecule has 0 radical (unpaired) electrons. The maximum atomic E-state index is 13.6. The van der Waals surface area contributed by atoms with Crippen LogP contribution in [0.25, 0.3) is 0 Å². The highest BCUT2D eigenvalue weighted by atomic mass is 35.5. The van der Waals surface area contributed by atoms with Crippen LogP contribution in [-0.4, -0.2) is 113 Å². The molecule has 2 aromatic carbocycles. The van der Waals surface area contributed by atoms with Crippen molar-refractivity contribution in [2.75, 3.05) is 65.4 Å². The number of urea groups is 1. The van der Waals surface area contributed by atoms with Crippen molar-refractivity contribution < 1.29 is 19.5 Å². The zero-order valence-electron chi connectivity index (χ0n) is 27.0. The molecule has 0 bridgehead atoms. The van der Waals surface area contributed by atoms with Crippen LogP contribution in [0.3, 0.4) is 0 Å². The summed E-state index contributed by atoms with van der Waals surface area (Å²) in [6.07, 6.45) is 6.70. The molecule has 0 spiro atoms. The van der Waals surface area contributed by atoms with Crippen molar-refractivity contribution in [3.8, 4) is 0 Å². The van der Waals surface area contributed by atoms with Crippen molar-refractivity contribution in [2.45, 2.75) is 36.6 Å². The van der Waals surface area contributed by atoms with Gasteiger partial charge < -0.3 is 25.1 Å². The number of hydrogen-bond acceptors (Lipinski definition) is 6.